The van der Waals surface area contributed by atoms with Crippen molar-refractivity contribution in [1.29, 1.82) is 0 Å². The molecule has 20 heavy (non-hydrogen) atoms. The third-order valence-corrected chi connectivity index (χ3v) is 7.73. The van der Waals surface area contributed by atoms with Gasteiger partial charge >= 0.3 is 0 Å². The lowest BCUT2D eigenvalue weighted by molar-refractivity contribution is -0.0979. The molecular weight excluding hydrogens is 240 g/mol. The Morgan fingerprint density at radius 1 is 1.10 bits per heavy atom. The fourth-order valence-corrected chi connectivity index (χ4v) is 5.99. The van der Waals surface area contributed by atoms with Crippen LogP contribution in [0.4, 0.5) is 0 Å². The maximum atomic E-state index is 4.47. The predicted octanol–water partition coefficient (Wildman–Crippen LogP) is 6.14. The summed E-state index contributed by atoms with van der Waals surface area (Å²) in [6.45, 7) is 16.1. The van der Waals surface area contributed by atoms with Crippen molar-refractivity contribution in [1.82, 2.24) is 0 Å². The molecule has 0 N–H and O–H groups in total. The summed E-state index contributed by atoms with van der Waals surface area (Å²) in [6.07, 6.45) is 13.2. The molecule has 0 aliphatic heterocycles. The van der Waals surface area contributed by atoms with Gasteiger partial charge in [-0.05, 0) is 79.4 Å². The largest absolute Gasteiger partial charge is 0.103 e. The molecule has 0 unspecified atom stereocenters. The average Bonchev–Trinajstić information content (AvgIpc) is 2.43. The molecule has 3 aliphatic rings. The summed E-state index contributed by atoms with van der Waals surface area (Å²) in [5.41, 5.74) is 2.94. The third kappa shape index (κ3) is 1.86. The van der Waals surface area contributed by atoms with E-state index in [1.807, 2.05) is 0 Å². The Morgan fingerprint density at radius 3 is 2.55 bits per heavy atom. The molecule has 0 radical (unpaired) electrons. The Morgan fingerprint density at radius 2 is 1.85 bits per heavy atom. The molecule has 0 aromatic carbocycles. The van der Waals surface area contributed by atoms with E-state index in [4.69, 9.17) is 0 Å². The summed E-state index contributed by atoms with van der Waals surface area (Å²) in [5, 5.41) is 0. The maximum absolute atomic E-state index is 4.47. The van der Waals surface area contributed by atoms with Crippen LogP contribution >= 0.6 is 0 Å². The van der Waals surface area contributed by atoms with Crippen molar-refractivity contribution in [3.05, 3.63) is 24.8 Å². The Hall–Kier alpha value is -0.520. The van der Waals surface area contributed by atoms with Crippen molar-refractivity contribution in [3.8, 4) is 0 Å². The summed E-state index contributed by atoms with van der Waals surface area (Å²) in [5.74, 6) is 1.78. The highest BCUT2D eigenvalue weighted by atomic mass is 14.6. The van der Waals surface area contributed by atoms with Crippen LogP contribution in [0.1, 0.15) is 72.1 Å². The van der Waals surface area contributed by atoms with E-state index in [0.29, 0.717) is 16.2 Å². The summed E-state index contributed by atoms with van der Waals surface area (Å²) >= 11 is 0. The zero-order valence-electron chi connectivity index (χ0n) is 13.8. The van der Waals surface area contributed by atoms with Gasteiger partial charge in [-0.1, -0.05) is 39.0 Å². The molecule has 0 aromatic heterocycles. The number of hydrogen-bond donors (Lipinski definition) is 0. The van der Waals surface area contributed by atoms with Crippen molar-refractivity contribution in [2.75, 3.05) is 0 Å². The number of hydrogen-bond acceptors (Lipinski definition) is 0. The molecule has 5 atom stereocenters. The van der Waals surface area contributed by atoms with Crippen LogP contribution in [0.25, 0.3) is 0 Å². The van der Waals surface area contributed by atoms with E-state index in [9.17, 15) is 0 Å². The van der Waals surface area contributed by atoms with E-state index in [1.54, 1.807) is 5.57 Å². The van der Waals surface area contributed by atoms with Crippen LogP contribution < -0.4 is 0 Å². The first-order valence-electron chi connectivity index (χ1n) is 8.66. The lowest BCUT2D eigenvalue weighted by Crippen LogP contribution is -2.53. The van der Waals surface area contributed by atoms with E-state index < -0.39 is 0 Å². The molecule has 0 bridgehead atoms. The van der Waals surface area contributed by atoms with Gasteiger partial charge in [-0.15, -0.1) is 6.58 Å². The SMILES string of the molecule is C=C[C@]1(C)CC[C@]2(C)[C@H](CC[C@@]3(C)C(=C)CCC[C@@H]23)C1. The van der Waals surface area contributed by atoms with E-state index in [0.717, 1.165) is 11.8 Å². The van der Waals surface area contributed by atoms with Crippen molar-refractivity contribution in [3.63, 3.8) is 0 Å². The van der Waals surface area contributed by atoms with Gasteiger partial charge in [-0.3, -0.25) is 0 Å². The minimum Gasteiger partial charge on any atom is -0.103 e. The second kappa shape index (κ2) is 4.49. The van der Waals surface area contributed by atoms with Crippen LogP contribution in [0, 0.1) is 28.1 Å². The highest BCUT2D eigenvalue weighted by Crippen LogP contribution is 2.66. The van der Waals surface area contributed by atoms with Gasteiger partial charge in [0.05, 0.1) is 0 Å². The molecule has 3 fully saturated rings. The molecule has 0 aromatic rings. The minimum absolute atomic E-state index is 0.392. The van der Waals surface area contributed by atoms with E-state index >= 15 is 0 Å². The van der Waals surface area contributed by atoms with Gasteiger partial charge in [-0.2, -0.15) is 0 Å². The summed E-state index contributed by atoms with van der Waals surface area (Å²) < 4.78 is 0. The van der Waals surface area contributed by atoms with Crippen LogP contribution in [0.15, 0.2) is 24.8 Å². The van der Waals surface area contributed by atoms with Crippen molar-refractivity contribution >= 4 is 0 Å². The van der Waals surface area contributed by atoms with Gasteiger partial charge in [0, 0.05) is 0 Å². The smallest absolute Gasteiger partial charge is 0.00854 e. The monoisotopic (exact) mass is 272 g/mol. The highest BCUT2D eigenvalue weighted by Gasteiger charge is 2.57. The molecule has 3 saturated carbocycles. The maximum Gasteiger partial charge on any atom is -0.00854 e. The molecule has 0 nitrogen and oxygen atoms in total. The molecular formula is C20H32. The topological polar surface area (TPSA) is 0 Å². The van der Waals surface area contributed by atoms with Crippen LogP contribution in [-0.4, -0.2) is 0 Å². The van der Waals surface area contributed by atoms with Crippen LogP contribution in [0.5, 0.6) is 0 Å². The summed E-state index contributed by atoms with van der Waals surface area (Å²) in [6, 6.07) is 0. The van der Waals surface area contributed by atoms with Crippen molar-refractivity contribution in [2.24, 2.45) is 28.1 Å². The van der Waals surface area contributed by atoms with E-state index in [1.165, 1.54) is 51.4 Å². The Labute approximate surface area is 125 Å². The summed E-state index contributed by atoms with van der Waals surface area (Å²) in [4.78, 5) is 0. The van der Waals surface area contributed by atoms with Gasteiger partial charge in [0.2, 0.25) is 0 Å². The van der Waals surface area contributed by atoms with Crippen LogP contribution in [0.3, 0.4) is 0 Å². The molecule has 0 heterocycles. The lowest BCUT2D eigenvalue weighted by atomic mass is 9.42. The normalized spacial score (nSPS) is 52.0. The molecule has 0 spiro atoms. The molecule has 0 heteroatoms. The molecule has 112 valence electrons. The fraction of sp³-hybridized carbons (Fsp3) is 0.800. The Bertz CT molecular complexity index is 433. The first-order chi connectivity index (χ1) is 9.34. The average molecular weight is 272 g/mol. The Kier molecular flexibility index (Phi) is 3.23. The zero-order chi connectivity index (χ0) is 14.6. The van der Waals surface area contributed by atoms with Gasteiger partial charge in [0.15, 0.2) is 0 Å². The van der Waals surface area contributed by atoms with E-state index in [2.05, 4.69) is 40.0 Å². The molecule has 3 aliphatic carbocycles. The fourth-order valence-electron chi connectivity index (χ4n) is 5.99. The standard InChI is InChI=1S/C20H32/c1-6-18(3)12-13-20(5)16(14-18)10-11-19(4)15(2)8-7-9-17(19)20/h6,16-17H,1-2,7-14H2,3-5H3/t16-,17-,18-,19+,20-/m1/s1. The number of allylic oxidation sites excluding steroid dienone is 2. The molecule has 0 amide bonds. The second-order valence-corrected chi connectivity index (χ2v) is 8.77. The number of fused-ring (bicyclic) bond motifs is 3. The minimum atomic E-state index is 0.392. The Balaban J connectivity index is 1.92. The van der Waals surface area contributed by atoms with Gasteiger partial charge < -0.3 is 0 Å². The molecule has 3 rings (SSSR count). The third-order valence-electron chi connectivity index (χ3n) is 7.73. The van der Waals surface area contributed by atoms with Gasteiger partial charge in [-0.25, -0.2) is 0 Å². The van der Waals surface area contributed by atoms with Gasteiger partial charge in [0.1, 0.15) is 0 Å². The van der Waals surface area contributed by atoms with E-state index in [-0.39, 0.29) is 0 Å². The van der Waals surface area contributed by atoms with Crippen molar-refractivity contribution < 1.29 is 0 Å². The van der Waals surface area contributed by atoms with Crippen LogP contribution in [0.2, 0.25) is 0 Å². The van der Waals surface area contributed by atoms with Gasteiger partial charge in [0.25, 0.3) is 0 Å². The quantitative estimate of drug-likeness (QED) is 0.503. The first kappa shape index (κ1) is 14.4. The highest BCUT2D eigenvalue weighted by molar-refractivity contribution is 5.20. The van der Waals surface area contributed by atoms with Crippen molar-refractivity contribution in [2.45, 2.75) is 72.1 Å². The lowest BCUT2D eigenvalue weighted by Gasteiger charge is -2.62. The zero-order valence-corrected chi connectivity index (χ0v) is 13.8. The first-order valence-corrected chi connectivity index (χ1v) is 8.66. The number of rotatable bonds is 1. The molecule has 0 saturated heterocycles. The second-order valence-electron chi connectivity index (χ2n) is 8.77. The van der Waals surface area contributed by atoms with Crippen LogP contribution in [-0.2, 0) is 0 Å². The predicted molar refractivity (Wildman–Crippen MR) is 87.6 cm³/mol. The summed E-state index contributed by atoms with van der Waals surface area (Å²) in [7, 11) is 0.